The van der Waals surface area contributed by atoms with Crippen LogP contribution in [0.2, 0.25) is 0 Å². The first-order valence-electron chi connectivity index (χ1n) is 8.87. The van der Waals surface area contributed by atoms with Gasteiger partial charge in [0, 0.05) is 25.3 Å². The van der Waals surface area contributed by atoms with Crippen LogP contribution in [0.15, 0.2) is 41.1 Å². The molecule has 1 aliphatic carbocycles. The SMILES string of the molecule is CN(Cc1ccco1)[C@@H]1CCC[C@@H]2CN(C(=O)c3ccc[nH]3)C[C@@H]21. The Bertz CT molecular complexity index is 665. The zero-order valence-corrected chi connectivity index (χ0v) is 14.1. The molecule has 2 aliphatic rings. The van der Waals surface area contributed by atoms with Gasteiger partial charge in [0.2, 0.25) is 0 Å². The average molecular weight is 327 g/mol. The second-order valence-corrected chi connectivity index (χ2v) is 7.21. The number of amides is 1. The van der Waals surface area contributed by atoms with Crippen LogP contribution in [0.4, 0.5) is 0 Å². The van der Waals surface area contributed by atoms with Crippen molar-refractivity contribution in [1.29, 1.82) is 0 Å². The molecule has 3 heterocycles. The fraction of sp³-hybridized carbons (Fsp3) is 0.526. The number of furan rings is 1. The Labute approximate surface area is 142 Å². The molecule has 0 bridgehead atoms. The Hall–Kier alpha value is -2.01. The Morgan fingerprint density at radius 2 is 2.25 bits per heavy atom. The largest absolute Gasteiger partial charge is 0.468 e. The highest BCUT2D eigenvalue weighted by Crippen LogP contribution is 2.39. The maximum atomic E-state index is 12.7. The maximum absolute atomic E-state index is 12.7. The van der Waals surface area contributed by atoms with E-state index in [-0.39, 0.29) is 5.91 Å². The van der Waals surface area contributed by atoms with E-state index in [4.69, 9.17) is 4.42 Å². The van der Waals surface area contributed by atoms with Crippen molar-refractivity contribution >= 4 is 5.91 Å². The number of nitrogens with zero attached hydrogens (tertiary/aromatic N) is 2. The van der Waals surface area contributed by atoms with Crippen molar-refractivity contribution in [1.82, 2.24) is 14.8 Å². The standard InChI is InChI=1S/C19H25N3O2/c1-21(12-15-6-4-10-24-15)18-8-2-5-14-11-22(13-16(14)18)19(23)17-7-3-9-20-17/h3-4,6-7,9-10,14,16,18,20H,2,5,8,11-13H2,1H3/t14-,16+,18-/m1/s1. The number of carbonyl (C=O) groups is 1. The van der Waals surface area contributed by atoms with Crippen molar-refractivity contribution in [3.63, 3.8) is 0 Å². The summed E-state index contributed by atoms with van der Waals surface area (Å²) in [5.41, 5.74) is 0.703. The van der Waals surface area contributed by atoms with Crippen molar-refractivity contribution in [3.8, 4) is 0 Å². The van der Waals surface area contributed by atoms with Gasteiger partial charge < -0.3 is 14.3 Å². The Morgan fingerprint density at radius 3 is 3.00 bits per heavy atom. The van der Waals surface area contributed by atoms with Crippen molar-refractivity contribution in [3.05, 3.63) is 48.2 Å². The first-order chi connectivity index (χ1) is 11.7. The second-order valence-electron chi connectivity index (χ2n) is 7.21. The number of aromatic amines is 1. The molecule has 2 fully saturated rings. The van der Waals surface area contributed by atoms with Crippen molar-refractivity contribution in [2.75, 3.05) is 20.1 Å². The van der Waals surface area contributed by atoms with E-state index in [1.807, 2.05) is 35.4 Å². The van der Waals surface area contributed by atoms with Gasteiger partial charge in [0.05, 0.1) is 12.8 Å². The Kier molecular flexibility index (Phi) is 4.19. The number of fused-ring (bicyclic) bond motifs is 1. The molecule has 2 aromatic rings. The van der Waals surface area contributed by atoms with Crippen LogP contribution in [-0.4, -0.2) is 46.9 Å². The molecule has 1 saturated carbocycles. The van der Waals surface area contributed by atoms with Gasteiger partial charge in [-0.2, -0.15) is 0 Å². The third kappa shape index (κ3) is 2.88. The van der Waals surface area contributed by atoms with Gasteiger partial charge in [0.25, 0.3) is 5.91 Å². The number of likely N-dealkylation sites (tertiary alicyclic amines) is 1. The van der Waals surface area contributed by atoms with Gasteiger partial charge in [-0.3, -0.25) is 9.69 Å². The molecule has 1 N–H and O–H groups in total. The quantitative estimate of drug-likeness (QED) is 0.939. The summed E-state index contributed by atoms with van der Waals surface area (Å²) in [5, 5.41) is 0. The lowest BCUT2D eigenvalue weighted by molar-refractivity contribution is 0.0762. The van der Waals surface area contributed by atoms with Crippen LogP contribution < -0.4 is 0 Å². The van der Waals surface area contributed by atoms with Crippen molar-refractivity contribution in [2.45, 2.75) is 31.8 Å². The number of H-pyrrole nitrogens is 1. The summed E-state index contributed by atoms with van der Waals surface area (Å²) in [6.07, 6.45) is 7.25. The maximum Gasteiger partial charge on any atom is 0.270 e. The summed E-state index contributed by atoms with van der Waals surface area (Å²) >= 11 is 0. The highest BCUT2D eigenvalue weighted by molar-refractivity contribution is 5.92. The minimum atomic E-state index is 0.141. The predicted octanol–water partition coefficient (Wildman–Crippen LogP) is 2.98. The lowest BCUT2D eigenvalue weighted by atomic mass is 9.77. The van der Waals surface area contributed by atoms with Crippen LogP contribution >= 0.6 is 0 Å². The summed E-state index contributed by atoms with van der Waals surface area (Å²) in [5.74, 6) is 2.35. The van der Waals surface area contributed by atoms with Gasteiger partial charge in [0.1, 0.15) is 11.5 Å². The summed E-state index contributed by atoms with van der Waals surface area (Å²) in [6, 6.07) is 8.25. The van der Waals surface area contributed by atoms with E-state index in [2.05, 4.69) is 16.9 Å². The van der Waals surface area contributed by atoms with E-state index >= 15 is 0 Å². The van der Waals surface area contributed by atoms with E-state index < -0.39 is 0 Å². The van der Waals surface area contributed by atoms with E-state index in [9.17, 15) is 4.79 Å². The van der Waals surface area contributed by atoms with E-state index in [1.54, 1.807) is 6.26 Å². The van der Waals surface area contributed by atoms with Crippen LogP contribution in [0.25, 0.3) is 0 Å². The number of nitrogens with one attached hydrogen (secondary N) is 1. The Morgan fingerprint density at radius 1 is 1.33 bits per heavy atom. The number of rotatable bonds is 4. The first-order valence-corrected chi connectivity index (χ1v) is 8.87. The molecule has 0 spiro atoms. The lowest BCUT2D eigenvalue weighted by Crippen LogP contribution is -2.43. The summed E-state index contributed by atoms with van der Waals surface area (Å²) in [6.45, 7) is 2.61. The summed E-state index contributed by atoms with van der Waals surface area (Å²) in [4.78, 5) is 20.2. The predicted molar refractivity (Wildman–Crippen MR) is 91.5 cm³/mol. The molecule has 5 nitrogen and oxygen atoms in total. The van der Waals surface area contributed by atoms with Crippen LogP contribution in [-0.2, 0) is 6.54 Å². The topological polar surface area (TPSA) is 52.5 Å². The fourth-order valence-corrected chi connectivity index (χ4v) is 4.55. The summed E-state index contributed by atoms with van der Waals surface area (Å²) in [7, 11) is 2.19. The van der Waals surface area contributed by atoms with E-state index in [0.29, 0.717) is 23.6 Å². The number of hydrogen-bond donors (Lipinski definition) is 1. The molecule has 5 heteroatoms. The molecule has 3 atom stereocenters. The smallest absolute Gasteiger partial charge is 0.270 e. The minimum absolute atomic E-state index is 0.141. The van der Waals surface area contributed by atoms with Crippen molar-refractivity contribution < 1.29 is 9.21 Å². The molecule has 0 radical (unpaired) electrons. The molecule has 1 amide bonds. The van der Waals surface area contributed by atoms with Crippen LogP contribution in [0.3, 0.4) is 0 Å². The Balaban J connectivity index is 1.45. The van der Waals surface area contributed by atoms with Gasteiger partial charge in [-0.15, -0.1) is 0 Å². The van der Waals surface area contributed by atoms with E-state index in [1.165, 1.54) is 19.3 Å². The molecule has 2 aromatic heterocycles. The second kappa shape index (κ2) is 6.48. The van der Waals surface area contributed by atoms with Gasteiger partial charge >= 0.3 is 0 Å². The van der Waals surface area contributed by atoms with Gasteiger partial charge in [-0.1, -0.05) is 6.42 Å². The van der Waals surface area contributed by atoms with Gasteiger partial charge in [0.15, 0.2) is 0 Å². The molecule has 0 aromatic carbocycles. The van der Waals surface area contributed by atoms with Crippen LogP contribution in [0.1, 0.15) is 35.5 Å². The third-order valence-electron chi connectivity index (χ3n) is 5.73. The normalized spacial score (nSPS) is 26.8. The average Bonchev–Trinajstić information content (AvgIpc) is 3.33. The fourth-order valence-electron chi connectivity index (χ4n) is 4.55. The lowest BCUT2D eigenvalue weighted by Gasteiger charge is -2.38. The molecule has 24 heavy (non-hydrogen) atoms. The highest BCUT2D eigenvalue weighted by atomic mass is 16.3. The molecular weight excluding hydrogens is 302 g/mol. The molecule has 128 valence electrons. The molecular formula is C19H25N3O2. The zero-order valence-electron chi connectivity index (χ0n) is 14.1. The van der Waals surface area contributed by atoms with Crippen LogP contribution in [0.5, 0.6) is 0 Å². The zero-order chi connectivity index (χ0) is 16.5. The molecule has 0 unspecified atom stereocenters. The molecule has 1 aliphatic heterocycles. The molecule has 4 rings (SSSR count). The number of aromatic nitrogens is 1. The summed E-state index contributed by atoms with van der Waals surface area (Å²) < 4.78 is 5.50. The highest BCUT2D eigenvalue weighted by Gasteiger charge is 2.43. The minimum Gasteiger partial charge on any atom is -0.468 e. The number of carbonyl (C=O) groups excluding carboxylic acids is 1. The van der Waals surface area contributed by atoms with Gasteiger partial charge in [-0.05, 0) is 56.0 Å². The number of hydrogen-bond acceptors (Lipinski definition) is 3. The van der Waals surface area contributed by atoms with Crippen LogP contribution in [0, 0.1) is 11.8 Å². The van der Waals surface area contributed by atoms with E-state index in [0.717, 1.165) is 25.4 Å². The van der Waals surface area contributed by atoms with Crippen molar-refractivity contribution in [2.24, 2.45) is 11.8 Å². The third-order valence-corrected chi connectivity index (χ3v) is 5.73. The van der Waals surface area contributed by atoms with Gasteiger partial charge in [-0.25, -0.2) is 0 Å². The first kappa shape index (κ1) is 15.5. The monoisotopic (exact) mass is 327 g/mol. The molecule has 1 saturated heterocycles.